The fourth-order valence-corrected chi connectivity index (χ4v) is 3.31. The highest BCUT2D eigenvalue weighted by Gasteiger charge is 2.37. The van der Waals surface area contributed by atoms with Gasteiger partial charge in [-0.1, -0.05) is 6.92 Å². The minimum absolute atomic E-state index is 0.00324. The van der Waals surface area contributed by atoms with Crippen molar-refractivity contribution >= 4 is 0 Å². The molecule has 18 heavy (non-hydrogen) atoms. The highest BCUT2D eigenvalue weighted by Crippen LogP contribution is 2.34. The van der Waals surface area contributed by atoms with Crippen molar-refractivity contribution in [3.63, 3.8) is 0 Å². The van der Waals surface area contributed by atoms with Crippen molar-refractivity contribution in [2.75, 3.05) is 26.7 Å². The lowest BCUT2D eigenvalue weighted by molar-refractivity contribution is 0.0681. The summed E-state index contributed by atoms with van der Waals surface area (Å²) in [6.07, 6.45) is 8.80. The zero-order valence-corrected chi connectivity index (χ0v) is 12.1. The minimum atomic E-state index is -0.00324. The number of aliphatic hydroxyl groups is 1. The van der Waals surface area contributed by atoms with Crippen LogP contribution < -0.4 is 5.32 Å². The molecule has 2 aliphatic rings. The molecule has 0 saturated heterocycles. The largest absolute Gasteiger partial charge is 0.394 e. The first-order chi connectivity index (χ1) is 8.69. The molecule has 0 aromatic rings. The number of hydrogen-bond donors (Lipinski definition) is 2. The van der Waals surface area contributed by atoms with Gasteiger partial charge in [-0.05, 0) is 64.5 Å². The zero-order valence-electron chi connectivity index (χ0n) is 12.1. The van der Waals surface area contributed by atoms with E-state index in [9.17, 15) is 5.11 Å². The minimum Gasteiger partial charge on any atom is -0.394 e. The molecule has 0 aromatic carbocycles. The van der Waals surface area contributed by atoms with Gasteiger partial charge in [0.25, 0.3) is 0 Å². The Kier molecular flexibility index (Phi) is 5.05. The molecule has 0 amide bonds. The van der Waals surface area contributed by atoms with Crippen molar-refractivity contribution in [1.82, 2.24) is 10.2 Å². The van der Waals surface area contributed by atoms with Crippen molar-refractivity contribution in [3.8, 4) is 0 Å². The van der Waals surface area contributed by atoms with Crippen molar-refractivity contribution in [2.24, 2.45) is 5.92 Å². The van der Waals surface area contributed by atoms with E-state index in [1.165, 1.54) is 32.2 Å². The molecular weight excluding hydrogens is 224 g/mol. The average molecular weight is 254 g/mol. The summed E-state index contributed by atoms with van der Waals surface area (Å²) in [5.41, 5.74) is -0.00324. The van der Waals surface area contributed by atoms with Crippen LogP contribution in [-0.4, -0.2) is 48.3 Å². The fraction of sp³-hybridized carbons (Fsp3) is 1.00. The topological polar surface area (TPSA) is 35.5 Å². The fourth-order valence-electron chi connectivity index (χ4n) is 3.31. The second kappa shape index (κ2) is 6.36. The van der Waals surface area contributed by atoms with Crippen LogP contribution in [-0.2, 0) is 0 Å². The summed E-state index contributed by atoms with van der Waals surface area (Å²) >= 11 is 0. The molecule has 2 fully saturated rings. The van der Waals surface area contributed by atoms with Gasteiger partial charge in [-0.15, -0.1) is 0 Å². The molecule has 0 aliphatic heterocycles. The molecule has 0 heterocycles. The van der Waals surface area contributed by atoms with E-state index in [1.54, 1.807) is 0 Å². The molecule has 2 unspecified atom stereocenters. The third kappa shape index (κ3) is 3.69. The van der Waals surface area contributed by atoms with Crippen LogP contribution in [0.25, 0.3) is 0 Å². The lowest BCUT2D eigenvalue weighted by Crippen LogP contribution is -2.55. The van der Waals surface area contributed by atoms with E-state index in [-0.39, 0.29) is 5.54 Å². The molecule has 3 heteroatoms. The third-order valence-corrected chi connectivity index (χ3v) is 4.74. The smallest absolute Gasteiger partial charge is 0.0613 e. The lowest BCUT2D eigenvalue weighted by atomic mass is 9.78. The van der Waals surface area contributed by atoms with Gasteiger partial charge in [-0.25, -0.2) is 0 Å². The Labute approximate surface area is 112 Å². The number of nitrogens with zero attached hydrogens (tertiary/aromatic N) is 1. The van der Waals surface area contributed by atoms with Crippen LogP contribution in [0, 0.1) is 5.92 Å². The van der Waals surface area contributed by atoms with E-state index in [2.05, 4.69) is 24.2 Å². The molecule has 2 rings (SSSR count). The van der Waals surface area contributed by atoms with E-state index in [1.807, 2.05) is 0 Å². The van der Waals surface area contributed by atoms with Crippen molar-refractivity contribution in [2.45, 2.75) is 63.5 Å². The Morgan fingerprint density at radius 3 is 2.72 bits per heavy atom. The van der Waals surface area contributed by atoms with Crippen LogP contribution in [0.2, 0.25) is 0 Å². The first-order valence-corrected chi connectivity index (χ1v) is 7.75. The van der Waals surface area contributed by atoms with Crippen molar-refractivity contribution in [1.29, 1.82) is 0 Å². The van der Waals surface area contributed by atoms with Gasteiger partial charge < -0.3 is 15.3 Å². The van der Waals surface area contributed by atoms with Gasteiger partial charge >= 0.3 is 0 Å². The number of aliphatic hydroxyl groups excluding tert-OH is 1. The Hall–Kier alpha value is -0.120. The van der Waals surface area contributed by atoms with Gasteiger partial charge in [-0.2, -0.15) is 0 Å². The highest BCUT2D eigenvalue weighted by molar-refractivity contribution is 4.96. The number of nitrogens with one attached hydrogen (secondary N) is 1. The summed E-state index contributed by atoms with van der Waals surface area (Å²) in [5, 5.41) is 13.4. The second-order valence-electron chi connectivity index (χ2n) is 6.50. The molecule has 0 aromatic heterocycles. The SMILES string of the molecule is CCCNC1(CO)CCCC(N(C)CC2CC2)C1. The Bertz CT molecular complexity index is 255. The maximum atomic E-state index is 9.78. The summed E-state index contributed by atoms with van der Waals surface area (Å²) in [7, 11) is 2.27. The van der Waals surface area contributed by atoms with Crippen LogP contribution >= 0.6 is 0 Å². The van der Waals surface area contributed by atoms with Gasteiger partial charge in [0.05, 0.1) is 6.61 Å². The number of hydrogen-bond acceptors (Lipinski definition) is 3. The molecule has 2 aliphatic carbocycles. The van der Waals surface area contributed by atoms with Gasteiger partial charge in [0.2, 0.25) is 0 Å². The van der Waals surface area contributed by atoms with Gasteiger partial charge in [0.15, 0.2) is 0 Å². The van der Waals surface area contributed by atoms with E-state index in [0.717, 1.165) is 31.7 Å². The Morgan fingerprint density at radius 1 is 1.33 bits per heavy atom. The Morgan fingerprint density at radius 2 is 2.11 bits per heavy atom. The van der Waals surface area contributed by atoms with Gasteiger partial charge in [-0.3, -0.25) is 0 Å². The van der Waals surface area contributed by atoms with E-state index >= 15 is 0 Å². The standard InChI is InChI=1S/C15H30N2O/c1-3-9-16-15(12-18)8-4-5-14(10-15)17(2)11-13-6-7-13/h13-14,16,18H,3-12H2,1-2H3. The molecule has 2 atom stereocenters. The quantitative estimate of drug-likeness (QED) is 0.729. The van der Waals surface area contributed by atoms with E-state index in [4.69, 9.17) is 0 Å². The third-order valence-electron chi connectivity index (χ3n) is 4.74. The van der Waals surface area contributed by atoms with Gasteiger partial charge in [0, 0.05) is 18.1 Å². The summed E-state index contributed by atoms with van der Waals surface area (Å²) in [4.78, 5) is 2.55. The van der Waals surface area contributed by atoms with Crippen LogP contribution in [0.3, 0.4) is 0 Å². The molecule has 0 radical (unpaired) electrons. The highest BCUT2D eigenvalue weighted by atomic mass is 16.3. The summed E-state index contributed by atoms with van der Waals surface area (Å²) in [5.74, 6) is 0.962. The zero-order chi connectivity index (χ0) is 13.0. The van der Waals surface area contributed by atoms with Crippen LogP contribution in [0.4, 0.5) is 0 Å². The predicted molar refractivity (Wildman–Crippen MR) is 75.7 cm³/mol. The maximum absolute atomic E-state index is 9.78. The van der Waals surface area contributed by atoms with E-state index < -0.39 is 0 Å². The summed E-state index contributed by atoms with van der Waals surface area (Å²) in [6, 6.07) is 0.663. The summed E-state index contributed by atoms with van der Waals surface area (Å²) < 4.78 is 0. The van der Waals surface area contributed by atoms with Gasteiger partial charge in [0.1, 0.15) is 0 Å². The normalized spacial score (nSPS) is 33.0. The Balaban J connectivity index is 1.87. The monoisotopic (exact) mass is 254 g/mol. The number of rotatable bonds is 7. The molecule has 0 spiro atoms. The summed E-state index contributed by atoms with van der Waals surface area (Å²) in [6.45, 7) is 4.78. The first-order valence-electron chi connectivity index (χ1n) is 7.75. The molecule has 106 valence electrons. The van der Waals surface area contributed by atoms with Crippen molar-refractivity contribution in [3.05, 3.63) is 0 Å². The first kappa shape index (κ1) is 14.3. The van der Waals surface area contributed by atoms with Crippen LogP contribution in [0.15, 0.2) is 0 Å². The van der Waals surface area contributed by atoms with Crippen LogP contribution in [0.1, 0.15) is 51.9 Å². The molecule has 2 N–H and O–H groups in total. The average Bonchev–Trinajstić information content (AvgIpc) is 3.20. The predicted octanol–water partition coefficient (Wildman–Crippen LogP) is 2.00. The van der Waals surface area contributed by atoms with E-state index in [0.29, 0.717) is 12.6 Å². The second-order valence-corrected chi connectivity index (χ2v) is 6.50. The molecule has 3 nitrogen and oxygen atoms in total. The lowest BCUT2D eigenvalue weighted by Gasteiger charge is -2.43. The van der Waals surface area contributed by atoms with Crippen molar-refractivity contribution < 1.29 is 5.11 Å². The maximum Gasteiger partial charge on any atom is 0.0613 e. The molecular formula is C15H30N2O. The molecule has 2 saturated carbocycles. The molecule has 0 bridgehead atoms. The van der Waals surface area contributed by atoms with Crippen LogP contribution in [0.5, 0.6) is 0 Å².